The van der Waals surface area contributed by atoms with E-state index in [1.807, 2.05) is 0 Å². The van der Waals surface area contributed by atoms with Gasteiger partial charge in [-0.1, -0.05) is 12.5 Å². The van der Waals surface area contributed by atoms with Crippen LogP contribution < -0.4 is 14.4 Å². The van der Waals surface area contributed by atoms with E-state index in [4.69, 9.17) is 4.74 Å². The monoisotopic (exact) mass is 499 g/mol. The Kier molecular flexibility index (Phi) is 7.60. The highest BCUT2D eigenvalue weighted by atomic mass is 32.2. The lowest BCUT2D eigenvalue weighted by molar-refractivity contribution is -0.114. The van der Waals surface area contributed by atoms with Crippen LogP contribution >= 0.6 is 0 Å². The molecule has 1 aliphatic heterocycles. The Morgan fingerprint density at radius 3 is 2.39 bits per heavy atom. The summed E-state index contributed by atoms with van der Waals surface area (Å²) in [6.45, 7) is 0.181. The molecule has 0 aliphatic carbocycles. The van der Waals surface area contributed by atoms with Crippen molar-refractivity contribution in [2.75, 3.05) is 42.6 Å². The zero-order chi connectivity index (χ0) is 24.2. The second-order valence-electron chi connectivity index (χ2n) is 7.63. The van der Waals surface area contributed by atoms with Crippen LogP contribution in [0.1, 0.15) is 19.3 Å². The summed E-state index contributed by atoms with van der Waals surface area (Å²) >= 11 is 0. The molecule has 0 unspecified atom stereocenters. The van der Waals surface area contributed by atoms with E-state index < -0.39 is 38.3 Å². The fraction of sp³-hybridized carbons (Fsp3) is 0.381. The van der Waals surface area contributed by atoms with E-state index in [1.54, 1.807) is 0 Å². The molecule has 3 rings (SSSR count). The quantitative estimate of drug-likeness (QED) is 0.597. The third kappa shape index (κ3) is 6.01. The number of sulfonamides is 2. The molecule has 1 N–H and O–H groups in total. The van der Waals surface area contributed by atoms with Crippen LogP contribution in [-0.4, -0.2) is 60.0 Å². The molecule has 0 aromatic heterocycles. The van der Waals surface area contributed by atoms with Crippen molar-refractivity contribution in [3.05, 3.63) is 48.3 Å². The number of carbonyl (C=O) groups excluding carboxylic acids is 1. The average Bonchev–Trinajstić information content (AvgIpc) is 2.77. The summed E-state index contributed by atoms with van der Waals surface area (Å²) in [4.78, 5) is 12.6. The summed E-state index contributed by atoms with van der Waals surface area (Å²) in [6.07, 6.45) is 3.39. The van der Waals surface area contributed by atoms with Gasteiger partial charge in [0.25, 0.3) is 0 Å². The molecule has 0 saturated carbocycles. The first-order valence-electron chi connectivity index (χ1n) is 10.2. The second-order valence-corrected chi connectivity index (χ2v) is 11.4. The summed E-state index contributed by atoms with van der Waals surface area (Å²) in [7, 11) is -6.39. The maximum absolute atomic E-state index is 13.6. The number of anilines is 2. The molecule has 1 heterocycles. The van der Waals surface area contributed by atoms with Crippen LogP contribution in [0.25, 0.3) is 0 Å². The maximum atomic E-state index is 13.6. The van der Waals surface area contributed by atoms with Gasteiger partial charge in [-0.25, -0.2) is 21.2 Å². The van der Waals surface area contributed by atoms with Gasteiger partial charge in [-0.05, 0) is 49.2 Å². The molecule has 1 saturated heterocycles. The Hall–Kier alpha value is -2.70. The van der Waals surface area contributed by atoms with Gasteiger partial charge in [0.2, 0.25) is 26.0 Å². The van der Waals surface area contributed by atoms with Crippen LogP contribution in [0.2, 0.25) is 0 Å². The minimum atomic E-state index is -3.90. The first kappa shape index (κ1) is 24.9. The molecule has 1 amide bonds. The molecule has 33 heavy (non-hydrogen) atoms. The lowest BCUT2D eigenvalue weighted by atomic mass is 10.2. The van der Waals surface area contributed by atoms with Gasteiger partial charge in [0.1, 0.15) is 23.0 Å². The topological polar surface area (TPSA) is 113 Å². The van der Waals surface area contributed by atoms with Crippen molar-refractivity contribution >= 4 is 37.3 Å². The lowest BCUT2D eigenvalue weighted by Crippen LogP contribution is -2.37. The molecule has 180 valence electrons. The third-order valence-electron chi connectivity index (χ3n) is 5.16. The molecule has 1 fully saturated rings. The molecule has 2 aromatic carbocycles. The van der Waals surface area contributed by atoms with E-state index in [9.17, 15) is 26.0 Å². The molecular weight excluding hydrogens is 473 g/mol. The standard InChI is InChI=1S/C21H26FN3O6S2/c1-31-19-10-9-17(14-20(19)33(29,30)24-11-4-3-5-12-24)23-21(26)15-25(32(2,27)28)18-8-6-7-16(22)13-18/h6-10,13-14H,3-5,11-12,15H2,1-2H3,(H,23,26). The number of methoxy groups -OCH3 is 1. The zero-order valence-corrected chi connectivity index (χ0v) is 20.0. The number of hydrogen-bond acceptors (Lipinski definition) is 6. The van der Waals surface area contributed by atoms with Crippen LogP contribution in [-0.2, 0) is 24.8 Å². The third-order valence-corrected chi connectivity index (χ3v) is 8.22. The van der Waals surface area contributed by atoms with Crippen LogP contribution in [0.4, 0.5) is 15.8 Å². The SMILES string of the molecule is COc1ccc(NC(=O)CN(c2cccc(F)c2)S(C)(=O)=O)cc1S(=O)(=O)N1CCCCC1. The smallest absolute Gasteiger partial charge is 0.246 e. The Labute approximate surface area is 193 Å². The molecule has 2 aromatic rings. The first-order valence-corrected chi connectivity index (χ1v) is 13.5. The fourth-order valence-corrected chi connectivity index (χ4v) is 6.11. The van der Waals surface area contributed by atoms with Gasteiger partial charge >= 0.3 is 0 Å². The largest absolute Gasteiger partial charge is 0.495 e. The number of piperidine rings is 1. The number of hydrogen-bond donors (Lipinski definition) is 1. The molecular formula is C21H26FN3O6S2. The summed E-state index contributed by atoms with van der Waals surface area (Å²) in [5.41, 5.74) is 0.153. The number of ether oxygens (including phenoxy) is 1. The number of rotatable bonds is 8. The van der Waals surface area contributed by atoms with Crippen LogP contribution in [0.3, 0.4) is 0 Å². The summed E-state index contributed by atoms with van der Waals surface area (Å²) in [5.74, 6) is -1.24. The molecule has 0 radical (unpaired) electrons. The van der Waals surface area contributed by atoms with E-state index in [0.29, 0.717) is 13.1 Å². The maximum Gasteiger partial charge on any atom is 0.246 e. The van der Waals surface area contributed by atoms with Crippen LogP contribution in [0.5, 0.6) is 5.75 Å². The Morgan fingerprint density at radius 2 is 1.79 bits per heavy atom. The van der Waals surface area contributed by atoms with Crippen molar-refractivity contribution in [1.82, 2.24) is 4.31 Å². The van der Waals surface area contributed by atoms with E-state index in [2.05, 4.69) is 5.32 Å². The van der Waals surface area contributed by atoms with Crippen LogP contribution in [0.15, 0.2) is 47.4 Å². The van der Waals surface area contributed by atoms with E-state index in [1.165, 1.54) is 41.7 Å². The Balaban J connectivity index is 1.85. The molecule has 0 spiro atoms. The van der Waals surface area contributed by atoms with Crippen molar-refractivity contribution in [2.24, 2.45) is 0 Å². The highest BCUT2D eigenvalue weighted by Crippen LogP contribution is 2.31. The predicted molar refractivity (Wildman–Crippen MR) is 123 cm³/mol. The normalized spacial score (nSPS) is 15.1. The molecule has 9 nitrogen and oxygen atoms in total. The second kappa shape index (κ2) is 10.1. The van der Waals surface area contributed by atoms with Crippen LogP contribution in [0, 0.1) is 5.82 Å². The summed E-state index contributed by atoms with van der Waals surface area (Å²) in [6, 6.07) is 9.03. The number of nitrogens with zero attached hydrogens (tertiary/aromatic N) is 2. The molecule has 0 bridgehead atoms. The van der Waals surface area contributed by atoms with Crippen molar-refractivity contribution in [3.8, 4) is 5.75 Å². The van der Waals surface area contributed by atoms with Gasteiger partial charge in [0, 0.05) is 18.8 Å². The minimum absolute atomic E-state index is 0.00394. The number of nitrogens with one attached hydrogen (secondary N) is 1. The predicted octanol–water partition coefficient (Wildman–Crippen LogP) is 2.41. The van der Waals surface area contributed by atoms with Gasteiger partial charge in [-0.15, -0.1) is 0 Å². The van der Waals surface area contributed by atoms with Crippen molar-refractivity contribution in [3.63, 3.8) is 0 Å². The zero-order valence-electron chi connectivity index (χ0n) is 18.3. The molecule has 1 aliphatic rings. The fourth-order valence-electron chi connectivity index (χ4n) is 3.56. The lowest BCUT2D eigenvalue weighted by Gasteiger charge is -2.26. The highest BCUT2D eigenvalue weighted by molar-refractivity contribution is 7.92. The molecule has 12 heteroatoms. The summed E-state index contributed by atoms with van der Waals surface area (Å²) in [5, 5.41) is 2.52. The number of halogens is 1. The Morgan fingerprint density at radius 1 is 1.09 bits per heavy atom. The number of amides is 1. The first-order chi connectivity index (χ1) is 15.5. The number of benzene rings is 2. The Bertz CT molecular complexity index is 1230. The van der Waals surface area contributed by atoms with Gasteiger partial charge < -0.3 is 10.1 Å². The van der Waals surface area contributed by atoms with E-state index in [0.717, 1.165) is 42.0 Å². The van der Waals surface area contributed by atoms with Gasteiger partial charge in [0.05, 0.1) is 19.1 Å². The summed E-state index contributed by atoms with van der Waals surface area (Å²) < 4.78 is 71.6. The average molecular weight is 500 g/mol. The molecule has 0 atom stereocenters. The van der Waals surface area contributed by atoms with Gasteiger partial charge in [-0.2, -0.15) is 4.31 Å². The van der Waals surface area contributed by atoms with Crippen molar-refractivity contribution in [1.29, 1.82) is 0 Å². The number of carbonyl (C=O) groups is 1. The van der Waals surface area contributed by atoms with E-state index in [-0.39, 0.29) is 22.0 Å². The van der Waals surface area contributed by atoms with Gasteiger partial charge in [-0.3, -0.25) is 9.10 Å². The van der Waals surface area contributed by atoms with Crippen molar-refractivity contribution < 1.29 is 30.8 Å². The highest BCUT2D eigenvalue weighted by Gasteiger charge is 2.29. The van der Waals surface area contributed by atoms with E-state index >= 15 is 0 Å². The van der Waals surface area contributed by atoms with Crippen molar-refractivity contribution in [2.45, 2.75) is 24.2 Å². The van der Waals surface area contributed by atoms with Gasteiger partial charge in [0.15, 0.2) is 0 Å². The minimum Gasteiger partial charge on any atom is -0.495 e.